The molecule has 4 nitrogen and oxygen atoms in total. The molecule has 0 saturated carbocycles. The van der Waals surface area contributed by atoms with E-state index >= 15 is 0 Å². The van der Waals surface area contributed by atoms with Crippen molar-refractivity contribution in [1.82, 2.24) is 9.78 Å². The van der Waals surface area contributed by atoms with Crippen molar-refractivity contribution in [1.29, 1.82) is 0 Å². The molecule has 0 bridgehead atoms. The highest BCUT2D eigenvalue weighted by molar-refractivity contribution is 9.10. The van der Waals surface area contributed by atoms with E-state index in [1.807, 2.05) is 11.4 Å². The topological polar surface area (TPSA) is 46.9 Å². The minimum absolute atomic E-state index is 0.0115. The fourth-order valence-corrected chi connectivity index (χ4v) is 3.58. The van der Waals surface area contributed by atoms with Crippen LogP contribution >= 0.6 is 27.3 Å². The van der Waals surface area contributed by atoms with Crippen LogP contribution in [0.2, 0.25) is 0 Å². The molecule has 2 heterocycles. The summed E-state index contributed by atoms with van der Waals surface area (Å²) in [7, 11) is 0. The summed E-state index contributed by atoms with van der Waals surface area (Å²) in [5, 5.41) is 8.99. The lowest BCUT2D eigenvalue weighted by Crippen LogP contribution is -2.18. The fraction of sp³-hybridized carbons (Fsp3) is 0.125. The van der Waals surface area contributed by atoms with Crippen molar-refractivity contribution < 1.29 is 9.18 Å². The van der Waals surface area contributed by atoms with Gasteiger partial charge in [-0.1, -0.05) is 18.2 Å². The SMILES string of the molecule is O=C(Cc1ccccc1F)Nc1ccnn1Cc1cc(Br)cs1. The highest BCUT2D eigenvalue weighted by atomic mass is 79.9. The van der Waals surface area contributed by atoms with Crippen molar-refractivity contribution in [3.05, 3.63) is 68.7 Å². The van der Waals surface area contributed by atoms with Crippen LogP contribution in [0.3, 0.4) is 0 Å². The molecule has 0 aliphatic carbocycles. The Morgan fingerprint density at radius 3 is 2.91 bits per heavy atom. The number of hydrogen-bond donors (Lipinski definition) is 1. The van der Waals surface area contributed by atoms with E-state index in [0.29, 0.717) is 17.9 Å². The summed E-state index contributed by atoms with van der Waals surface area (Å²) < 4.78 is 16.3. The van der Waals surface area contributed by atoms with Gasteiger partial charge in [-0.25, -0.2) is 9.07 Å². The number of carbonyl (C=O) groups excluding carboxylic acids is 1. The van der Waals surface area contributed by atoms with Crippen LogP contribution in [0, 0.1) is 5.82 Å². The van der Waals surface area contributed by atoms with Gasteiger partial charge in [-0.15, -0.1) is 11.3 Å². The number of halogens is 2. The van der Waals surface area contributed by atoms with Gasteiger partial charge in [0.1, 0.15) is 11.6 Å². The molecule has 118 valence electrons. The van der Waals surface area contributed by atoms with Crippen molar-refractivity contribution in [2.75, 3.05) is 5.32 Å². The highest BCUT2D eigenvalue weighted by Crippen LogP contribution is 2.21. The molecule has 7 heteroatoms. The first-order chi connectivity index (χ1) is 11.1. The summed E-state index contributed by atoms with van der Waals surface area (Å²) in [4.78, 5) is 13.2. The van der Waals surface area contributed by atoms with Crippen molar-refractivity contribution in [2.45, 2.75) is 13.0 Å². The van der Waals surface area contributed by atoms with E-state index < -0.39 is 0 Å². The lowest BCUT2D eigenvalue weighted by molar-refractivity contribution is -0.115. The third kappa shape index (κ3) is 4.05. The molecule has 1 N–H and O–H groups in total. The van der Waals surface area contributed by atoms with E-state index in [1.165, 1.54) is 6.07 Å². The van der Waals surface area contributed by atoms with Gasteiger partial charge in [-0.2, -0.15) is 5.10 Å². The van der Waals surface area contributed by atoms with Gasteiger partial charge in [0.05, 0.1) is 19.2 Å². The Labute approximate surface area is 145 Å². The average Bonchev–Trinajstić information content (AvgIpc) is 3.11. The maximum Gasteiger partial charge on any atom is 0.230 e. The van der Waals surface area contributed by atoms with E-state index in [0.717, 1.165) is 9.35 Å². The van der Waals surface area contributed by atoms with Gasteiger partial charge in [0.15, 0.2) is 0 Å². The maximum absolute atomic E-state index is 13.6. The first-order valence-electron chi connectivity index (χ1n) is 6.90. The standard InChI is InChI=1S/C16H13BrFN3OS/c17-12-8-13(23-10-12)9-21-15(5-6-19-21)20-16(22)7-11-3-1-2-4-14(11)18/h1-6,8,10H,7,9H2,(H,20,22). The van der Waals surface area contributed by atoms with Crippen LogP contribution in [-0.2, 0) is 17.8 Å². The lowest BCUT2D eigenvalue weighted by Gasteiger charge is -2.08. The van der Waals surface area contributed by atoms with Crippen LogP contribution in [-0.4, -0.2) is 15.7 Å². The van der Waals surface area contributed by atoms with Crippen LogP contribution in [0.4, 0.5) is 10.2 Å². The van der Waals surface area contributed by atoms with Crippen molar-refractivity contribution in [3.8, 4) is 0 Å². The van der Waals surface area contributed by atoms with E-state index in [4.69, 9.17) is 0 Å². The van der Waals surface area contributed by atoms with Crippen molar-refractivity contribution in [3.63, 3.8) is 0 Å². The molecule has 1 aromatic carbocycles. The molecule has 0 unspecified atom stereocenters. The van der Waals surface area contributed by atoms with E-state index in [9.17, 15) is 9.18 Å². The number of carbonyl (C=O) groups is 1. The summed E-state index contributed by atoms with van der Waals surface area (Å²) in [5.74, 6) is -0.0559. The minimum Gasteiger partial charge on any atom is -0.311 e. The predicted molar refractivity (Wildman–Crippen MR) is 92.1 cm³/mol. The number of thiophene rings is 1. The Balaban J connectivity index is 1.67. The number of nitrogens with one attached hydrogen (secondary N) is 1. The van der Waals surface area contributed by atoms with Crippen LogP contribution in [0.1, 0.15) is 10.4 Å². The zero-order valence-electron chi connectivity index (χ0n) is 12.0. The minimum atomic E-state index is -0.375. The second-order valence-electron chi connectivity index (χ2n) is 4.92. The van der Waals surface area contributed by atoms with Crippen LogP contribution in [0.25, 0.3) is 0 Å². The summed E-state index contributed by atoms with van der Waals surface area (Å²) in [6.07, 6.45) is 1.61. The Bertz CT molecular complexity index is 830. The number of hydrogen-bond acceptors (Lipinski definition) is 3. The normalized spacial score (nSPS) is 10.7. The third-order valence-corrected chi connectivity index (χ3v) is 4.90. The summed E-state index contributed by atoms with van der Waals surface area (Å²) >= 11 is 5.02. The summed E-state index contributed by atoms with van der Waals surface area (Å²) in [6, 6.07) is 10.0. The van der Waals surface area contributed by atoms with Gasteiger partial charge >= 0.3 is 0 Å². The fourth-order valence-electron chi connectivity index (χ4n) is 2.15. The molecule has 1 amide bonds. The summed E-state index contributed by atoms with van der Waals surface area (Å²) in [5.41, 5.74) is 0.373. The largest absolute Gasteiger partial charge is 0.311 e. The molecule has 0 aliphatic heterocycles. The highest BCUT2D eigenvalue weighted by Gasteiger charge is 2.11. The van der Waals surface area contributed by atoms with Gasteiger partial charge in [0, 0.05) is 20.8 Å². The molecule has 0 saturated heterocycles. The quantitative estimate of drug-likeness (QED) is 0.709. The number of aromatic nitrogens is 2. The first-order valence-corrected chi connectivity index (χ1v) is 8.57. The number of amides is 1. The Kier molecular flexibility index (Phi) is 4.88. The Morgan fingerprint density at radius 2 is 2.17 bits per heavy atom. The van der Waals surface area contributed by atoms with Crippen LogP contribution < -0.4 is 5.32 Å². The van der Waals surface area contributed by atoms with E-state index in [2.05, 4.69) is 26.3 Å². The molecule has 3 rings (SSSR count). The van der Waals surface area contributed by atoms with Gasteiger partial charge in [-0.05, 0) is 33.6 Å². The molecule has 0 atom stereocenters. The van der Waals surface area contributed by atoms with Crippen molar-refractivity contribution in [2.24, 2.45) is 0 Å². The number of benzene rings is 1. The average molecular weight is 394 g/mol. The molecule has 0 spiro atoms. The number of rotatable bonds is 5. The smallest absolute Gasteiger partial charge is 0.230 e. The molecular weight excluding hydrogens is 381 g/mol. The second-order valence-corrected chi connectivity index (χ2v) is 6.83. The molecule has 0 aliphatic rings. The molecule has 23 heavy (non-hydrogen) atoms. The van der Waals surface area contributed by atoms with Gasteiger partial charge in [-0.3, -0.25) is 4.79 Å². The van der Waals surface area contributed by atoms with Gasteiger partial charge < -0.3 is 5.32 Å². The third-order valence-electron chi connectivity index (χ3n) is 3.22. The van der Waals surface area contributed by atoms with Crippen molar-refractivity contribution >= 4 is 39.0 Å². The van der Waals surface area contributed by atoms with Crippen LogP contribution in [0.15, 0.2) is 52.4 Å². The molecule has 3 aromatic rings. The molecule has 2 aromatic heterocycles. The maximum atomic E-state index is 13.6. The Hall–Kier alpha value is -1.99. The first kappa shape index (κ1) is 15.9. The Morgan fingerprint density at radius 1 is 1.35 bits per heavy atom. The zero-order valence-corrected chi connectivity index (χ0v) is 14.4. The molecular formula is C16H13BrFN3OS. The number of anilines is 1. The number of nitrogens with zero attached hydrogens (tertiary/aromatic N) is 2. The van der Waals surface area contributed by atoms with Crippen LogP contribution in [0.5, 0.6) is 0 Å². The molecule has 0 radical (unpaired) electrons. The van der Waals surface area contributed by atoms with E-state index in [1.54, 1.807) is 46.5 Å². The zero-order chi connectivity index (χ0) is 16.2. The molecule has 0 fully saturated rings. The second kappa shape index (κ2) is 7.06. The summed E-state index contributed by atoms with van der Waals surface area (Å²) in [6.45, 7) is 0.568. The lowest BCUT2D eigenvalue weighted by atomic mass is 10.1. The van der Waals surface area contributed by atoms with Gasteiger partial charge in [0.25, 0.3) is 0 Å². The van der Waals surface area contributed by atoms with Gasteiger partial charge in [0.2, 0.25) is 5.91 Å². The van der Waals surface area contributed by atoms with E-state index in [-0.39, 0.29) is 18.1 Å². The monoisotopic (exact) mass is 393 g/mol. The predicted octanol–water partition coefficient (Wildman–Crippen LogP) is 4.08.